The lowest BCUT2D eigenvalue weighted by Gasteiger charge is -2.02. The van der Waals surface area contributed by atoms with E-state index in [0.29, 0.717) is 11.5 Å². The number of hydrogen-bond donors (Lipinski definition) is 1. The summed E-state index contributed by atoms with van der Waals surface area (Å²) >= 11 is 0. The summed E-state index contributed by atoms with van der Waals surface area (Å²) in [7, 11) is 1.92. The molecule has 0 bridgehead atoms. The lowest BCUT2D eigenvalue weighted by atomic mass is 10.1. The summed E-state index contributed by atoms with van der Waals surface area (Å²) in [6.07, 6.45) is 3.33. The molecule has 102 valence electrons. The fraction of sp³-hybridized carbons (Fsp3) is 0.0769. The molecule has 0 radical (unpaired) electrons. The highest BCUT2D eigenvalue weighted by molar-refractivity contribution is 5.84. The molecule has 1 N–H and O–H groups in total. The van der Waals surface area contributed by atoms with Gasteiger partial charge in [-0.25, -0.2) is 9.97 Å². The Kier molecular flexibility index (Phi) is 2.46. The summed E-state index contributed by atoms with van der Waals surface area (Å²) in [4.78, 5) is 8.47. The topological polar surface area (TPSA) is 98.1 Å². The Morgan fingerprint density at radius 3 is 2.86 bits per heavy atom. The van der Waals surface area contributed by atoms with Crippen molar-refractivity contribution in [2.45, 2.75) is 0 Å². The van der Waals surface area contributed by atoms with Crippen LogP contribution in [0.2, 0.25) is 0 Å². The van der Waals surface area contributed by atoms with Crippen LogP contribution in [0.3, 0.4) is 0 Å². The molecular weight excluding hydrogens is 268 g/mol. The fourth-order valence-corrected chi connectivity index (χ4v) is 2.23. The monoisotopic (exact) mass is 278 g/mol. The molecule has 0 spiro atoms. The van der Waals surface area contributed by atoms with Gasteiger partial charge in [0.25, 0.3) is 0 Å². The zero-order valence-electron chi connectivity index (χ0n) is 11.1. The average molecular weight is 278 g/mol. The van der Waals surface area contributed by atoms with Gasteiger partial charge in [-0.3, -0.25) is 4.68 Å². The van der Waals surface area contributed by atoms with Gasteiger partial charge in [0.05, 0.1) is 17.4 Å². The van der Waals surface area contributed by atoms with E-state index in [1.807, 2.05) is 42.2 Å². The molecule has 3 heterocycles. The van der Waals surface area contributed by atoms with Gasteiger partial charge in [0, 0.05) is 18.0 Å². The zero-order chi connectivity index (χ0) is 14.2. The SMILES string of the molecule is Cn1ncc2cc(-c3cc(-c4nn[nH]n4)ncn3)ccc21. The third-order valence-corrected chi connectivity index (χ3v) is 3.28. The molecule has 0 unspecified atom stereocenters. The second-order valence-corrected chi connectivity index (χ2v) is 4.57. The van der Waals surface area contributed by atoms with Gasteiger partial charge in [-0.15, -0.1) is 10.2 Å². The molecule has 0 saturated carbocycles. The number of nitrogens with zero attached hydrogens (tertiary/aromatic N) is 7. The smallest absolute Gasteiger partial charge is 0.223 e. The number of rotatable bonds is 2. The van der Waals surface area contributed by atoms with Crippen LogP contribution >= 0.6 is 0 Å². The van der Waals surface area contributed by atoms with Gasteiger partial charge in [-0.05, 0) is 23.4 Å². The van der Waals surface area contributed by atoms with Gasteiger partial charge < -0.3 is 0 Å². The Morgan fingerprint density at radius 1 is 1.10 bits per heavy atom. The summed E-state index contributed by atoms with van der Waals surface area (Å²) < 4.78 is 1.84. The van der Waals surface area contributed by atoms with Gasteiger partial charge in [-0.2, -0.15) is 10.3 Å². The summed E-state index contributed by atoms with van der Waals surface area (Å²) in [5, 5.41) is 19.1. The molecule has 1 aromatic carbocycles. The second-order valence-electron chi connectivity index (χ2n) is 4.57. The molecule has 0 aliphatic carbocycles. The maximum Gasteiger partial charge on any atom is 0.223 e. The minimum Gasteiger partial charge on any atom is -0.268 e. The Labute approximate surface area is 118 Å². The molecular formula is C13H10N8. The van der Waals surface area contributed by atoms with Crippen LogP contribution in [0.15, 0.2) is 36.8 Å². The molecule has 3 aromatic heterocycles. The van der Waals surface area contributed by atoms with Crippen molar-refractivity contribution in [1.29, 1.82) is 0 Å². The standard InChI is InChI=1S/C13H10N8/c1-21-12-3-2-8(4-9(12)6-16-21)10-5-11(15-7-14-10)13-17-19-20-18-13/h2-7H,1H3,(H,17,18,19,20). The van der Waals surface area contributed by atoms with E-state index in [0.717, 1.165) is 22.2 Å². The highest BCUT2D eigenvalue weighted by Crippen LogP contribution is 2.24. The Bertz CT molecular complexity index is 909. The average Bonchev–Trinajstić information content (AvgIpc) is 3.18. The first-order chi connectivity index (χ1) is 10.3. The molecule has 0 fully saturated rings. The number of hydrogen-bond acceptors (Lipinski definition) is 6. The van der Waals surface area contributed by atoms with Crippen molar-refractivity contribution in [3.63, 3.8) is 0 Å². The molecule has 0 aliphatic rings. The number of aromatic nitrogens is 8. The summed E-state index contributed by atoms with van der Waals surface area (Å²) in [6.45, 7) is 0. The van der Waals surface area contributed by atoms with Crippen molar-refractivity contribution < 1.29 is 0 Å². The third kappa shape index (κ3) is 1.93. The Hall–Kier alpha value is -3.16. The summed E-state index contributed by atoms with van der Waals surface area (Å²) in [5.41, 5.74) is 3.49. The number of benzene rings is 1. The maximum atomic E-state index is 4.31. The number of fused-ring (bicyclic) bond motifs is 1. The van der Waals surface area contributed by atoms with Crippen LogP contribution in [-0.2, 0) is 7.05 Å². The van der Waals surface area contributed by atoms with Gasteiger partial charge in [-0.1, -0.05) is 6.07 Å². The van der Waals surface area contributed by atoms with Crippen LogP contribution in [-0.4, -0.2) is 40.4 Å². The minimum atomic E-state index is 0.445. The van der Waals surface area contributed by atoms with E-state index in [4.69, 9.17) is 0 Å². The lowest BCUT2D eigenvalue weighted by molar-refractivity contribution is 0.797. The molecule has 0 aliphatic heterocycles. The maximum absolute atomic E-state index is 4.31. The minimum absolute atomic E-state index is 0.445. The molecule has 4 rings (SSSR count). The van der Waals surface area contributed by atoms with Gasteiger partial charge >= 0.3 is 0 Å². The number of tetrazole rings is 1. The van der Waals surface area contributed by atoms with E-state index in [1.54, 1.807) is 0 Å². The molecule has 4 aromatic rings. The molecule has 21 heavy (non-hydrogen) atoms. The van der Waals surface area contributed by atoms with E-state index in [9.17, 15) is 0 Å². The number of nitrogens with one attached hydrogen (secondary N) is 1. The van der Waals surface area contributed by atoms with E-state index in [1.165, 1.54) is 6.33 Å². The van der Waals surface area contributed by atoms with Crippen molar-refractivity contribution >= 4 is 10.9 Å². The highest BCUT2D eigenvalue weighted by atomic mass is 15.5. The van der Waals surface area contributed by atoms with E-state index < -0.39 is 0 Å². The van der Waals surface area contributed by atoms with Crippen LogP contribution in [0, 0.1) is 0 Å². The normalized spacial score (nSPS) is 11.1. The number of aromatic amines is 1. The molecule has 8 nitrogen and oxygen atoms in total. The quantitative estimate of drug-likeness (QED) is 0.591. The van der Waals surface area contributed by atoms with Gasteiger partial charge in [0.15, 0.2) is 0 Å². The third-order valence-electron chi connectivity index (χ3n) is 3.28. The van der Waals surface area contributed by atoms with Crippen LogP contribution in [0.1, 0.15) is 0 Å². The first kappa shape index (κ1) is 11.6. The summed E-state index contributed by atoms with van der Waals surface area (Å²) in [5.74, 6) is 0.445. The van der Waals surface area contributed by atoms with Crippen LogP contribution in [0.4, 0.5) is 0 Å². The first-order valence-corrected chi connectivity index (χ1v) is 6.29. The van der Waals surface area contributed by atoms with Crippen molar-refractivity contribution in [2.75, 3.05) is 0 Å². The highest BCUT2D eigenvalue weighted by Gasteiger charge is 2.09. The van der Waals surface area contributed by atoms with Crippen molar-refractivity contribution in [2.24, 2.45) is 7.05 Å². The molecule has 0 atom stereocenters. The van der Waals surface area contributed by atoms with Crippen LogP contribution < -0.4 is 0 Å². The fourth-order valence-electron chi connectivity index (χ4n) is 2.23. The Balaban J connectivity index is 1.82. The molecule has 0 saturated heterocycles. The summed E-state index contributed by atoms with van der Waals surface area (Å²) in [6, 6.07) is 7.91. The van der Waals surface area contributed by atoms with Crippen molar-refractivity contribution in [3.8, 4) is 22.8 Å². The largest absolute Gasteiger partial charge is 0.268 e. The van der Waals surface area contributed by atoms with Crippen LogP contribution in [0.25, 0.3) is 33.7 Å². The number of aryl methyl sites for hydroxylation is 1. The van der Waals surface area contributed by atoms with E-state index in [-0.39, 0.29) is 0 Å². The van der Waals surface area contributed by atoms with E-state index in [2.05, 4.69) is 35.7 Å². The lowest BCUT2D eigenvalue weighted by Crippen LogP contribution is -1.91. The molecule has 0 amide bonds. The van der Waals surface area contributed by atoms with Gasteiger partial charge in [0.1, 0.15) is 12.0 Å². The first-order valence-electron chi connectivity index (χ1n) is 6.29. The van der Waals surface area contributed by atoms with Crippen LogP contribution in [0.5, 0.6) is 0 Å². The zero-order valence-corrected chi connectivity index (χ0v) is 11.1. The Morgan fingerprint density at radius 2 is 2.00 bits per heavy atom. The predicted molar refractivity (Wildman–Crippen MR) is 74.9 cm³/mol. The second kappa shape index (κ2) is 4.44. The van der Waals surface area contributed by atoms with Gasteiger partial charge in [0.2, 0.25) is 5.82 Å². The van der Waals surface area contributed by atoms with E-state index >= 15 is 0 Å². The van der Waals surface area contributed by atoms with Crippen molar-refractivity contribution in [3.05, 3.63) is 36.8 Å². The number of H-pyrrole nitrogens is 1. The molecule has 8 heteroatoms. The predicted octanol–water partition coefficient (Wildman–Crippen LogP) is 1.21. The van der Waals surface area contributed by atoms with Crippen molar-refractivity contribution in [1.82, 2.24) is 40.4 Å².